The number of rotatable bonds is 3. The van der Waals surface area contributed by atoms with Crippen molar-refractivity contribution in [3.8, 4) is 0 Å². The molecule has 0 amide bonds. The lowest BCUT2D eigenvalue weighted by atomic mass is 10.2. The van der Waals surface area contributed by atoms with Crippen LogP contribution in [0.4, 0.5) is 0 Å². The van der Waals surface area contributed by atoms with Crippen LogP contribution in [0.1, 0.15) is 23.0 Å². The quantitative estimate of drug-likeness (QED) is 0.564. The first-order valence-electron chi connectivity index (χ1n) is 5.31. The van der Waals surface area contributed by atoms with Crippen LogP contribution in [-0.2, 0) is 6.54 Å². The fourth-order valence-electron chi connectivity index (χ4n) is 1.71. The van der Waals surface area contributed by atoms with E-state index >= 15 is 0 Å². The Balaban J connectivity index is 2.31. The number of hydrogen-bond acceptors (Lipinski definition) is 1. The zero-order chi connectivity index (χ0) is 11.4. The van der Waals surface area contributed by atoms with Gasteiger partial charge >= 0.3 is 0 Å². The molecule has 2 aromatic rings. The fourth-order valence-corrected chi connectivity index (χ4v) is 1.71. The van der Waals surface area contributed by atoms with Crippen LogP contribution in [0, 0.1) is 0 Å². The molecule has 0 saturated carbocycles. The van der Waals surface area contributed by atoms with Gasteiger partial charge in [0.15, 0.2) is 12.7 Å². The molecule has 80 valence electrons. The van der Waals surface area contributed by atoms with Crippen LogP contribution in [0.3, 0.4) is 0 Å². The van der Waals surface area contributed by atoms with E-state index in [2.05, 4.69) is 12.1 Å². The molecule has 0 unspecified atom stereocenters. The third-order valence-corrected chi connectivity index (χ3v) is 2.50. The third kappa shape index (κ3) is 2.34. The summed E-state index contributed by atoms with van der Waals surface area (Å²) in [5, 5.41) is 0. The van der Waals surface area contributed by atoms with Gasteiger partial charge in [-0.05, 0) is 6.07 Å². The van der Waals surface area contributed by atoms with Crippen LogP contribution in [0.2, 0.25) is 0 Å². The Morgan fingerprint density at radius 1 is 1.06 bits per heavy atom. The van der Waals surface area contributed by atoms with Crippen molar-refractivity contribution in [2.45, 2.75) is 13.5 Å². The van der Waals surface area contributed by atoms with Crippen LogP contribution in [0.25, 0.3) is 0 Å². The van der Waals surface area contributed by atoms with Gasteiger partial charge in [-0.15, -0.1) is 0 Å². The maximum atomic E-state index is 11.4. The topological polar surface area (TPSA) is 20.9 Å². The van der Waals surface area contributed by atoms with Crippen LogP contribution >= 0.6 is 0 Å². The molecule has 0 aliphatic carbocycles. The summed E-state index contributed by atoms with van der Waals surface area (Å²) in [5.41, 5.74) is 1.94. The molecule has 2 heteroatoms. The molecule has 0 atom stereocenters. The summed E-state index contributed by atoms with van der Waals surface area (Å²) in [7, 11) is 0. The minimum absolute atomic E-state index is 0.0940. The molecule has 2 rings (SSSR count). The molecule has 0 aliphatic rings. The normalized spacial score (nSPS) is 10.1. The molecule has 0 fully saturated rings. The first-order valence-corrected chi connectivity index (χ1v) is 5.31. The van der Waals surface area contributed by atoms with Crippen molar-refractivity contribution in [2.24, 2.45) is 0 Å². The highest BCUT2D eigenvalue weighted by Gasteiger charge is 2.13. The number of aromatic nitrogens is 1. The van der Waals surface area contributed by atoms with Gasteiger partial charge in [0.05, 0.1) is 0 Å². The minimum Gasteiger partial charge on any atom is -0.288 e. The van der Waals surface area contributed by atoms with E-state index in [1.165, 1.54) is 5.56 Å². The maximum absolute atomic E-state index is 11.4. The highest BCUT2D eigenvalue weighted by Crippen LogP contribution is 2.00. The van der Waals surface area contributed by atoms with Crippen LogP contribution in [-0.4, -0.2) is 5.78 Å². The summed E-state index contributed by atoms with van der Waals surface area (Å²) in [4.78, 5) is 11.4. The number of Topliss-reactive ketones (excluding diaryl/α,β-unsaturated/α-hetero) is 1. The van der Waals surface area contributed by atoms with E-state index in [-0.39, 0.29) is 5.78 Å². The number of carbonyl (C=O) groups excluding carboxylic acids is 1. The Morgan fingerprint density at radius 3 is 2.44 bits per heavy atom. The zero-order valence-electron chi connectivity index (χ0n) is 9.26. The Hall–Kier alpha value is -1.96. The van der Waals surface area contributed by atoms with E-state index in [1.807, 2.05) is 47.2 Å². The van der Waals surface area contributed by atoms with E-state index in [1.54, 1.807) is 6.92 Å². The van der Waals surface area contributed by atoms with E-state index in [0.29, 0.717) is 0 Å². The highest BCUT2D eigenvalue weighted by atomic mass is 16.1. The Morgan fingerprint density at radius 2 is 1.75 bits per heavy atom. The largest absolute Gasteiger partial charge is 0.288 e. The summed E-state index contributed by atoms with van der Waals surface area (Å²) < 4.78 is 1.97. The number of carbonyl (C=O) groups is 1. The van der Waals surface area contributed by atoms with Gasteiger partial charge in [0, 0.05) is 24.6 Å². The maximum Gasteiger partial charge on any atom is 0.248 e. The van der Waals surface area contributed by atoms with Crippen LogP contribution in [0.15, 0.2) is 54.7 Å². The zero-order valence-corrected chi connectivity index (χ0v) is 9.26. The summed E-state index contributed by atoms with van der Waals surface area (Å²) in [6.45, 7) is 2.33. The number of hydrogen-bond donors (Lipinski definition) is 0. The third-order valence-electron chi connectivity index (χ3n) is 2.50. The number of nitrogens with zero attached hydrogens (tertiary/aromatic N) is 1. The number of pyridine rings is 1. The van der Waals surface area contributed by atoms with E-state index in [4.69, 9.17) is 0 Å². The molecule has 0 spiro atoms. The van der Waals surface area contributed by atoms with Crippen molar-refractivity contribution in [1.82, 2.24) is 0 Å². The lowest BCUT2D eigenvalue weighted by molar-refractivity contribution is -0.690. The lowest BCUT2D eigenvalue weighted by Gasteiger charge is -2.00. The lowest BCUT2D eigenvalue weighted by Crippen LogP contribution is -2.39. The monoisotopic (exact) mass is 212 g/mol. The molecular weight excluding hydrogens is 198 g/mol. The van der Waals surface area contributed by atoms with Crippen molar-refractivity contribution in [3.05, 3.63) is 66.0 Å². The standard InChI is InChI=1S/C14H14NO/c1-12(16)14-9-5-6-10-15(14)11-13-7-3-2-4-8-13/h2-10H,11H2,1H3/q+1. The van der Waals surface area contributed by atoms with Crippen LogP contribution in [0.5, 0.6) is 0 Å². The van der Waals surface area contributed by atoms with Crippen molar-refractivity contribution in [2.75, 3.05) is 0 Å². The number of benzene rings is 1. The molecule has 0 N–H and O–H groups in total. The van der Waals surface area contributed by atoms with Gasteiger partial charge in [0.25, 0.3) is 0 Å². The summed E-state index contributed by atoms with van der Waals surface area (Å²) in [5.74, 6) is 0.0940. The van der Waals surface area contributed by atoms with Crippen molar-refractivity contribution < 1.29 is 9.36 Å². The molecule has 0 radical (unpaired) electrons. The van der Waals surface area contributed by atoms with Gasteiger partial charge in [-0.2, -0.15) is 4.57 Å². The van der Waals surface area contributed by atoms with Crippen molar-refractivity contribution in [1.29, 1.82) is 0 Å². The number of ketones is 1. The molecular formula is C14H14NO+. The smallest absolute Gasteiger partial charge is 0.248 e. The first kappa shape index (κ1) is 10.6. The predicted molar refractivity (Wildman–Crippen MR) is 62.2 cm³/mol. The van der Waals surface area contributed by atoms with Gasteiger partial charge in [0.1, 0.15) is 0 Å². The van der Waals surface area contributed by atoms with Crippen molar-refractivity contribution in [3.63, 3.8) is 0 Å². The average molecular weight is 212 g/mol. The van der Waals surface area contributed by atoms with Gasteiger partial charge in [-0.3, -0.25) is 4.79 Å². The Kier molecular flexibility index (Phi) is 3.10. The fraction of sp³-hybridized carbons (Fsp3) is 0.143. The van der Waals surface area contributed by atoms with Gasteiger partial charge in [-0.1, -0.05) is 30.3 Å². The SMILES string of the molecule is CC(=O)c1cccc[n+]1Cc1ccccc1. The van der Waals surface area contributed by atoms with Crippen LogP contribution < -0.4 is 4.57 Å². The van der Waals surface area contributed by atoms with Gasteiger partial charge in [-0.25, -0.2) is 0 Å². The summed E-state index contributed by atoms with van der Waals surface area (Å²) in [6, 6.07) is 15.8. The average Bonchev–Trinajstić information content (AvgIpc) is 2.31. The molecule has 2 nitrogen and oxygen atoms in total. The summed E-state index contributed by atoms with van der Waals surface area (Å²) in [6.07, 6.45) is 1.93. The molecule has 1 aromatic heterocycles. The summed E-state index contributed by atoms with van der Waals surface area (Å²) >= 11 is 0. The van der Waals surface area contributed by atoms with Gasteiger partial charge in [0.2, 0.25) is 11.5 Å². The molecule has 16 heavy (non-hydrogen) atoms. The second kappa shape index (κ2) is 4.71. The molecule has 0 aliphatic heterocycles. The minimum atomic E-state index is 0.0940. The molecule has 0 bridgehead atoms. The second-order valence-corrected chi connectivity index (χ2v) is 3.76. The van der Waals surface area contributed by atoms with E-state index in [9.17, 15) is 4.79 Å². The Labute approximate surface area is 95.2 Å². The van der Waals surface area contributed by atoms with E-state index < -0.39 is 0 Å². The Bertz CT molecular complexity index is 491. The molecule has 0 saturated heterocycles. The predicted octanol–water partition coefficient (Wildman–Crippen LogP) is 2.23. The highest BCUT2D eigenvalue weighted by molar-refractivity contribution is 5.90. The van der Waals surface area contributed by atoms with Gasteiger partial charge < -0.3 is 0 Å². The van der Waals surface area contributed by atoms with E-state index in [0.717, 1.165) is 12.2 Å². The van der Waals surface area contributed by atoms with Crippen molar-refractivity contribution >= 4 is 5.78 Å². The molecule has 1 aromatic carbocycles. The first-order chi connectivity index (χ1) is 7.77. The molecule has 1 heterocycles. The second-order valence-electron chi connectivity index (χ2n) is 3.76.